The van der Waals surface area contributed by atoms with Crippen LogP contribution in [-0.2, 0) is 0 Å². The number of hydrogen-bond donors (Lipinski definition) is 3. The van der Waals surface area contributed by atoms with E-state index in [1.807, 2.05) is 0 Å². The lowest BCUT2D eigenvalue weighted by Crippen LogP contribution is -2.25. The van der Waals surface area contributed by atoms with Gasteiger partial charge in [-0.05, 0) is 30.3 Å². The van der Waals surface area contributed by atoms with E-state index in [-0.39, 0.29) is 33.3 Å². The maximum atomic E-state index is 14.6. The average molecular weight is 434 g/mol. The molecule has 154 valence electrons. The van der Waals surface area contributed by atoms with E-state index in [0.717, 1.165) is 29.1 Å². The molecular weight excluding hydrogens is 420 g/mol. The lowest BCUT2D eigenvalue weighted by Gasteiger charge is -2.11. The Bertz CT molecular complexity index is 1180. The topological polar surface area (TPSA) is 119 Å². The molecule has 2 aromatic carbocycles. The zero-order valence-electron chi connectivity index (χ0n) is 15.4. The van der Waals surface area contributed by atoms with E-state index >= 15 is 0 Å². The Morgan fingerprint density at radius 1 is 1.10 bits per heavy atom. The molecule has 0 radical (unpaired) electrons. The third-order valence-electron chi connectivity index (χ3n) is 4.10. The van der Waals surface area contributed by atoms with E-state index in [1.165, 1.54) is 25.2 Å². The van der Waals surface area contributed by atoms with Gasteiger partial charge in [0.25, 0.3) is 17.7 Å². The van der Waals surface area contributed by atoms with Crippen LogP contribution in [0.25, 0.3) is 5.69 Å². The van der Waals surface area contributed by atoms with Gasteiger partial charge in [0.1, 0.15) is 23.7 Å². The second-order valence-corrected chi connectivity index (χ2v) is 6.40. The number of nitrogens with two attached hydrogens (primary N) is 1. The highest BCUT2D eigenvalue weighted by molar-refractivity contribution is 6.34. The molecule has 0 aliphatic rings. The van der Waals surface area contributed by atoms with Crippen LogP contribution in [0.15, 0.2) is 42.7 Å². The van der Waals surface area contributed by atoms with Crippen molar-refractivity contribution in [2.24, 2.45) is 5.73 Å². The van der Waals surface area contributed by atoms with Crippen LogP contribution in [0.3, 0.4) is 0 Å². The van der Waals surface area contributed by atoms with Gasteiger partial charge < -0.3 is 16.4 Å². The number of halogens is 3. The van der Waals surface area contributed by atoms with Crippen molar-refractivity contribution in [1.82, 2.24) is 14.9 Å². The summed E-state index contributed by atoms with van der Waals surface area (Å²) in [7, 11) is 1.36. The summed E-state index contributed by atoms with van der Waals surface area (Å²) in [5.74, 6) is -3.77. The minimum atomic E-state index is -0.935. The predicted octanol–water partition coefficient (Wildman–Crippen LogP) is 2.51. The number of carbonyl (C=O) groups excluding carboxylic acids is 3. The fourth-order valence-electron chi connectivity index (χ4n) is 2.68. The number of aromatic nitrogens is 2. The Kier molecular flexibility index (Phi) is 5.79. The molecular formula is C19H14ClF2N5O3. The van der Waals surface area contributed by atoms with E-state index in [1.54, 1.807) is 0 Å². The maximum Gasteiger partial charge on any atom is 0.272 e. The summed E-state index contributed by atoms with van der Waals surface area (Å²) in [5, 5.41) is 4.53. The van der Waals surface area contributed by atoms with Crippen molar-refractivity contribution in [3.63, 3.8) is 0 Å². The third kappa shape index (κ3) is 3.98. The van der Waals surface area contributed by atoms with Crippen LogP contribution in [0, 0.1) is 11.6 Å². The average Bonchev–Trinajstić information content (AvgIpc) is 3.14. The number of rotatable bonds is 5. The zero-order chi connectivity index (χ0) is 22.0. The summed E-state index contributed by atoms with van der Waals surface area (Å²) < 4.78 is 28.9. The van der Waals surface area contributed by atoms with Crippen LogP contribution >= 0.6 is 11.6 Å². The number of amides is 3. The maximum absolute atomic E-state index is 14.6. The molecule has 30 heavy (non-hydrogen) atoms. The summed E-state index contributed by atoms with van der Waals surface area (Å²) in [6.45, 7) is 0. The summed E-state index contributed by atoms with van der Waals surface area (Å²) in [6, 6.07) is 6.82. The van der Waals surface area contributed by atoms with Gasteiger partial charge in [-0.15, -0.1) is 0 Å². The first-order valence-electron chi connectivity index (χ1n) is 8.38. The van der Waals surface area contributed by atoms with Gasteiger partial charge in [-0.1, -0.05) is 11.6 Å². The second-order valence-electron chi connectivity index (χ2n) is 6.00. The van der Waals surface area contributed by atoms with Crippen LogP contribution < -0.4 is 16.4 Å². The van der Waals surface area contributed by atoms with Crippen molar-refractivity contribution in [3.05, 3.63) is 76.3 Å². The van der Waals surface area contributed by atoms with Gasteiger partial charge in [0.15, 0.2) is 5.69 Å². The van der Waals surface area contributed by atoms with E-state index < -0.39 is 29.4 Å². The number of nitrogens with one attached hydrogen (secondary N) is 2. The Morgan fingerprint density at radius 2 is 1.83 bits per heavy atom. The molecule has 0 saturated carbocycles. The van der Waals surface area contributed by atoms with Gasteiger partial charge >= 0.3 is 0 Å². The molecule has 1 heterocycles. The summed E-state index contributed by atoms with van der Waals surface area (Å²) in [6.07, 6.45) is 1.15. The van der Waals surface area contributed by atoms with E-state index in [4.69, 9.17) is 17.3 Å². The zero-order valence-corrected chi connectivity index (χ0v) is 16.1. The highest BCUT2D eigenvalue weighted by Crippen LogP contribution is 2.23. The molecule has 0 bridgehead atoms. The number of benzene rings is 2. The molecule has 0 fully saturated rings. The van der Waals surface area contributed by atoms with Crippen molar-refractivity contribution in [1.29, 1.82) is 0 Å². The van der Waals surface area contributed by atoms with Crippen molar-refractivity contribution in [2.75, 3.05) is 12.4 Å². The van der Waals surface area contributed by atoms with Crippen LogP contribution in [0.5, 0.6) is 0 Å². The lowest BCUT2D eigenvalue weighted by molar-refractivity contribution is 0.0937. The highest BCUT2D eigenvalue weighted by Gasteiger charge is 2.23. The SMILES string of the molecule is CNC(=O)c1ncn(-c2ccc(NC(=O)c3ccc(F)cc3Cl)c(F)c2)c1C(N)=O. The summed E-state index contributed by atoms with van der Waals surface area (Å²) >= 11 is 5.84. The smallest absolute Gasteiger partial charge is 0.272 e. The largest absolute Gasteiger partial charge is 0.364 e. The predicted molar refractivity (Wildman–Crippen MR) is 105 cm³/mol. The minimum Gasteiger partial charge on any atom is -0.364 e. The first-order valence-corrected chi connectivity index (χ1v) is 8.76. The van der Waals surface area contributed by atoms with Gasteiger partial charge in [-0.25, -0.2) is 13.8 Å². The number of carbonyl (C=O) groups is 3. The Morgan fingerprint density at radius 3 is 2.43 bits per heavy atom. The Hall–Kier alpha value is -3.79. The van der Waals surface area contributed by atoms with E-state index in [9.17, 15) is 23.2 Å². The summed E-state index contributed by atoms with van der Waals surface area (Å²) in [4.78, 5) is 39.8. The fourth-order valence-corrected chi connectivity index (χ4v) is 2.94. The molecule has 3 rings (SSSR count). The molecule has 0 spiro atoms. The van der Waals surface area contributed by atoms with Crippen LogP contribution in [-0.4, -0.2) is 34.3 Å². The highest BCUT2D eigenvalue weighted by atomic mass is 35.5. The van der Waals surface area contributed by atoms with Gasteiger partial charge in [-0.2, -0.15) is 0 Å². The van der Waals surface area contributed by atoms with Gasteiger partial charge in [-0.3, -0.25) is 19.0 Å². The van der Waals surface area contributed by atoms with Gasteiger partial charge in [0.05, 0.1) is 22.0 Å². The van der Waals surface area contributed by atoms with Gasteiger partial charge in [0.2, 0.25) is 0 Å². The molecule has 3 aromatic rings. The lowest BCUT2D eigenvalue weighted by atomic mass is 10.2. The monoisotopic (exact) mass is 433 g/mol. The van der Waals surface area contributed by atoms with Crippen molar-refractivity contribution >= 4 is 35.0 Å². The molecule has 8 nitrogen and oxygen atoms in total. The second kappa shape index (κ2) is 8.29. The molecule has 4 N–H and O–H groups in total. The summed E-state index contributed by atoms with van der Waals surface area (Å²) in [5.41, 5.74) is 4.81. The van der Waals surface area contributed by atoms with Crippen molar-refractivity contribution in [2.45, 2.75) is 0 Å². The molecule has 0 atom stereocenters. The molecule has 11 heteroatoms. The first kappa shape index (κ1) is 20.9. The molecule has 0 aliphatic heterocycles. The third-order valence-corrected chi connectivity index (χ3v) is 4.41. The number of hydrogen-bond acceptors (Lipinski definition) is 4. The van der Waals surface area contributed by atoms with Crippen LogP contribution in [0.1, 0.15) is 31.3 Å². The van der Waals surface area contributed by atoms with Crippen molar-refractivity contribution in [3.8, 4) is 5.69 Å². The van der Waals surface area contributed by atoms with Crippen LogP contribution in [0.2, 0.25) is 5.02 Å². The van der Waals surface area contributed by atoms with E-state index in [2.05, 4.69) is 15.6 Å². The fraction of sp³-hybridized carbons (Fsp3) is 0.0526. The minimum absolute atomic E-state index is 0.0395. The molecule has 0 unspecified atom stereocenters. The van der Waals surface area contributed by atoms with Crippen LogP contribution in [0.4, 0.5) is 14.5 Å². The molecule has 3 amide bonds. The quantitative estimate of drug-likeness (QED) is 0.572. The number of imidazole rings is 1. The number of primary amides is 1. The standard InChI is InChI=1S/C19H14ClF2N5O3/c1-24-19(30)15-16(17(23)28)27(8-25-15)10-3-5-14(13(22)7-10)26-18(29)11-4-2-9(21)6-12(11)20/h2-8H,1H3,(H2,23,28)(H,24,30)(H,26,29). The van der Waals surface area contributed by atoms with E-state index in [0.29, 0.717) is 0 Å². The Labute approximate surface area is 173 Å². The number of anilines is 1. The van der Waals surface area contributed by atoms with Gasteiger partial charge in [0, 0.05) is 13.1 Å². The first-order chi connectivity index (χ1) is 14.2. The number of nitrogens with zero attached hydrogens (tertiary/aromatic N) is 2. The molecule has 0 saturated heterocycles. The normalized spacial score (nSPS) is 10.5. The Balaban J connectivity index is 1.93. The molecule has 0 aliphatic carbocycles. The van der Waals surface area contributed by atoms with Crippen molar-refractivity contribution < 1.29 is 23.2 Å². The molecule has 1 aromatic heterocycles.